The summed E-state index contributed by atoms with van der Waals surface area (Å²) in [5.74, 6) is 1.09. The zero-order valence-electron chi connectivity index (χ0n) is 24.7. The Kier molecular flexibility index (Phi) is 13.9. The number of hydrogen-bond donors (Lipinski definition) is 4. The summed E-state index contributed by atoms with van der Waals surface area (Å²) in [7, 11) is 1.62. The van der Waals surface area contributed by atoms with Crippen molar-refractivity contribution < 1.29 is 14.6 Å². The van der Waals surface area contributed by atoms with E-state index in [0.717, 1.165) is 65.8 Å². The third-order valence-electron chi connectivity index (χ3n) is 6.48. The van der Waals surface area contributed by atoms with Crippen molar-refractivity contribution in [1.82, 2.24) is 25.5 Å². The molecule has 9 nitrogen and oxygen atoms in total. The van der Waals surface area contributed by atoms with Crippen LogP contribution >= 0.6 is 11.3 Å². The number of likely N-dealkylation sites (N-methyl/N-ethyl adjacent to an activating group) is 1. The number of anilines is 1. The van der Waals surface area contributed by atoms with Gasteiger partial charge in [-0.25, -0.2) is 9.97 Å². The SMILES string of the molecule is C=C(/C=C\C(=C/C)Nc1nccc(-c2ccc(C(=O)NCc3cccc(OC)c3)s2)n1)CCNCCN(CC)CCO. The van der Waals surface area contributed by atoms with Gasteiger partial charge >= 0.3 is 0 Å². The third kappa shape index (κ3) is 10.9. The van der Waals surface area contributed by atoms with Gasteiger partial charge in [0.15, 0.2) is 0 Å². The molecule has 4 N–H and O–H groups in total. The average molecular weight is 591 g/mol. The van der Waals surface area contributed by atoms with Gasteiger partial charge < -0.3 is 30.7 Å². The molecule has 224 valence electrons. The van der Waals surface area contributed by atoms with Gasteiger partial charge in [0.1, 0.15) is 5.75 Å². The van der Waals surface area contributed by atoms with E-state index in [1.165, 1.54) is 11.3 Å². The fourth-order valence-electron chi connectivity index (χ4n) is 4.02. The molecule has 1 amide bonds. The molecule has 1 aromatic carbocycles. The van der Waals surface area contributed by atoms with Crippen molar-refractivity contribution in [2.75, 3.05) is 51.8 Å². The Labute approximate surface area is 253 Å². The van der Waals surface area contributed by atoms with Crippen LogP contribution in [0.5, 0.6) is 5.75 Å². The van der Waals surface area contributed by atoms with Gasteiger partial charge in [0.2, 0.25) is 5.95 Å². The number of carbonyl (C=O) groups is 1. The van der Waals surface area contributed by atoms with Crippen LogP contribution in [0.4, 0.5) is 5.95 Å². The van der Waals surface area contributed by atoms with Crippen LogP contribution in [0.15, 0.2) is 84.7 Å². The Bertz CT molecular complexity index is 1350. The second-order valence-electron chi connectivity index (χ2n) is 9.48. The van der Waals surface area contributed by atoms with Crippen LogP contribution in [0.1, 0.15) is 35.5 Å². The molecule has 3 aromatic rings. The summed E-state index contributed by atoms with van der Waals surface area (Å²) < 4.78 is 5.25. The molecule has 0 aliphatic carbocycles. The van der Waals surface area contributed by atoms with Crippen molar-refractivity contribution in [1.29, 1.82) is 0 Å². The minimum absolute atomic E-state index is 0.136. The molecule has 2 aromatic heterocycles. The molecule has 0 fully saturated rings. The van der Waals surface area contributed by atoms with E-state index < -0.39 is 0 Å². The first-order valence-electron chi connectivity index (χ1n) is 14.1. The minimum atomic E-state index is -0.136. The molecule has 0 radical (unpaired) electrons. The minimum Gasteiger partial charge on any atom is -0.497 e. The van der Waals surface area contributed by atoms with Crippen LogP contribution in [0.25, 0.3) is 10.6 Å². The summed E-state index contributed by atoms with van der Waals surface area (Å²) in [6.07, 6.45) is 8.45. The lowest BCUT2D eigenvalue weighted by Crippen LogP contribution is -2.34. The lowest BCUT2D eigenvalue weighted by molar-refractivity contribution is 0.0955. The number of aliphatic hydroxyl groups is 1. The maximum absolute atomic E-state index is 12.7. The average Bonchev–Trinajstić information content (AvgIpc) is 3.52. The van der Waals surface area contributed by atoms with Gasteiger partial charge in [0, 0.05) is 38.1 Å². The van der Waals surface area contributed by atoms with Crippen LogP contribution in [0.2, 0.25) is 0 Å². The molecule has 0 saturated heterocycles. The van der Waals surface area contributed by atoms with Gasteiger partial charge in [-0.3, -0.25) is 4.79 Å². The van der Waals surface area contributed by atoms with Crippen LogP contribution in [0.3, 0.4) is 0 Å². The highest BCUT2D eigenvalue weighted by Crippen LogP contribution is 2.27. The quantitative estimate of drug-likeness (QED) is 0.123. The van der Waals surface area contributed by atoms with Gasteiger partial charge in [-0.2, -0.15) is 0 Å². The number of aromatic nitrogens is 2. The molecule has 0 saturated carbocycles. The fourth-order valence-corrected chi connectivity index (χ4v) is 4.91. The summed E-state index contributed by atoms with van der Waals surface area (Å²) in [6.45, 7) is 13.1. The lowest BCUT2D eigenvalue weighted by atomic mass is 10.2. The summed E-state index contributed by atoms with van der Waals surface area (Å²) in [5, 5.41) is 18.8. The van der Waals surface area contributed by atoms with Gasteiger partial charge in [-0.15, -0.1) is 11.3 Å². The number of methoxy groups -OCH3 is 1. The van der Waals surface area contributed by atoms with Crippen LogP contribution in [-0.4, -0.2) is 72.3 Å². The highest BCUT2D eigenvalue weighted by molar-refractivity contribution is 7.17. The molecule has 0 unspecified atom stereocenters. The standard InChI is InChI=1S/C32H42N6O3S/c1-5-26(11-10-24(3)14-16-33-18-19-38(6-2)20-21-39)36-32-34-17-15-28(37-32)29-12-13-30(42-29)31(40)35-23-25-8-7-9-27(22-25)41-4/h5,7-13,15,17,22,33,39H,3,6,14,16,18-21,23H2,1-2,4H3,(H,35,40)(H,34,36,37)/b11-10-,26-5+. The zero-order valence-corrected chi connectivity index (χ0v) is 25.5. The second kappa shape index (κ2) is 17.9. The van der Waals surface area contributed by atoms with E-state index in [1.54, 1.807) is 13.3 Å². The summed E-state index contributed by atoms with van der Waals surface area (Å²) in [5.41, 5.74) is 3.57. The van der Waals surface area contributed by atoms with Crippen molar-refractivity contribution in [3.05, 3.63) is 95.2 Å². The normalized spacial score (nSPS) is 11.7. The second-order valence-corrected chi connectivity index (χ2v) is 10.6. The van der Waals surface area contributed by atoms with E-state index in [1.807, 2.05) is 67.6 Å². The number of ether oxygens (including phenoxy) is 1. The molecule has 0 atom stereocenters. The fraction of sp³-hybridized carbons (Fsp3) is 0.344. The highest BCUT2D eigenvalue weighted by atomic mass is 32.1. The number of nitrogens with one attached hydrogen (secondary N) is 3. The first kappa shape index (κ1) is 32.7. The first-order valence-corrected chi connectivity index (χ1v) is 14.9. The Hall–Kier alpha value is -3.83. The van der Waals surface area contributed by atoms with E-state index in [2.05, 4.69) is 44.3 Å². The topological polar surface area (TPSA) is 112 Å². The van der Waals surface area contributed by atoms with Gasteiger partial charge in [-0.1, -0.05) is 43.4 Å². The molecule has 0 aliphatic heterocycles. The summed E-state index contributed by atoms with van der Waals surface area (Å²) in [4.78, 5) is 25.5. The van der Waals surface area contributed by atoms with Crippen molar-refractivity contribution in [3.63, 3.8) is 0 Å². The van der Waals surface area contributed by atoms with Crippen molar-refractivity contribution >= 4 is 23.2 Å². The van der Waals surface area contributed by atoms with E-state index in [9.17, 15) is 4.79 Å². The van der Waals surface area contributed by atoms with E-state index >= 15 is 0 Å². The number of amides is 1. The first-order chi connectivity index (χ1) is 20.4. The molecule has 42 heavy (non-hydrogen) atoms. The number of hydrogen-bond acceptors (Lipinski definition) is 9. The van der Waals surface area contributed by atoms with Crippen molar-refractivity contribution in [2.45, 2.75) is 26.8 Å². The number of allylic oxidation sites excluding steroid dienone is 3. The Morgan fingerprint density at radius 1 is 1.17 bits per heavy atom. The van der Waals surface area contributed by atoms with Crippen molar-refractivity contribution in [2.24, 2.45) is 0 Å². The Morgan fingerprint density at radius 2 is 2.02 bits per heavy atom. The third-order valence-corrected chi connectivity index (χ3v) is 7.59. The summed E-state index contributed by atoms with van der Waals surface area (Å²) in [6, 6.07) is 13.2. The number of carbonyl (C=O) groups excluding carboxylic acids is 1. The van der Waals surface area contributed by atoms with E-state index in [4.69, 9.17) is 9.84 Å². The van der Waals surface area contributed by atoms with E-state index in [-0.39, 0.29) is 12.5 Å². The number of benzene rings is 1. The number of nitrogens with zero attached hydrogens (tertiary/aromatic N) is 3. The number of thiophene rings is 1. The van der Waals surface area contributed by atoms with Crippen LogP contribution < -0.4 is 20.7 Å². The summed E-state index contributed by atoms with van der Waals surface area (Å²) >= 11 is 1.39. The molecule has 0 bridgehead atoms. The van der Waals surface area contributed by atoms with Crippen LogP contribution in [0, 0.1) is 0 Å². The van der Waals surface area contributed by atoms with Crippen LogP contribution in [-0.2, 0) is 6.54 Å². The molecular weight excluding hydrogens is 548 g/mol. The molecular formula is C32H42N6O3S. The predicted octanol–water partition coefficient (Wildman–Crippen LogP) is 4.87. The lowest BCUT2D eigenvalue weighted by Gasteiger charge is -2.19. The number of rotatable bonds is 18. The molecule has 3 rings (SSSR count). The van der Waals surface area contributed by atoms with Crippen molar-refractivity contribution in [3.8, 4) is 16.3 Å². The predicted molar refractivity (Wildman–Crippen MR) is 172 cm³/mol. The molecule has 0 spiro atoms. The monoisotopic (exact) mass is 590 g/mol. The smallest absolute Gasteiger partial charge is 0.261 e. The largest absolute Gasteiger partial charge is 0.497 e. The maximum Gasteiger partial charge on any atom is 0.261 e. The molecule has 0 aliphatic rings. The van der Waals surface area contributed by atoms with E-state index in [0.29, 0.717) is 23.9 Å². The maximum atomic E-state index is 12.7. The van der Waals surface area contributed by atoms with Gasteiger partial charge in [-0.05, 0) is 68.4 Å². The number of aliphatic hydroxyl groups excluding tert-OH is 1. The van der Waals surface area contributed by atoms with Gasteiger partial charge in [0.05, 0.1) is 29.2 Å². The Balaban J connectivity index is 1.49. The molecule has 10 heteroatoms. The van der Waals surface area contributed by atoms with Gasteiger partial charge in [0.25, 0.3) is 5.91 Å². The highest BCUT2D eigenvalue weighted by Gasteiger charge is 2.12. The zero-order chi connectivity index (χ0) is 30.2. The Morgan fingerprint density at radius 3 is 2.79 bits per heavy atom. The molecule has 2 heterocycles.